The van der Waals surface area contributed by atoms with Crippen LogP contribution in [0.25, 0.3) is 0 Å². The number of nitrogens with one attached hydrogen (secondary N) is 1. The fraction of sp³-hybridized carbons (Fsp3) is 0.409. The molecule has 1 saturated heterocycles. The minimum atomic E-state index is 0. The second kappa shape index (κ2) is 11.3. The molecule has 29 heavy (non-hydrogen) atoms. The van der Waals surface area contributed by atoms with Gasteiger partial charge in [-0.05, 0) is 36.6 Å². The van der Waals surface area contributed by atoms with Crippen molar-refractivity contribution >= 4 is 42.1 Å². The number of hydrogen-bond acceptors (Lipinski definition) is 4. The first-order valence-corrected chi connectivity index (χ1v) is 9.86. The zero-order valence-electron chi connectivity index (χ0n) is 16.5. The molecule has 2 heterocycles. The maximum atomic E-state index is 11.5. The van der Waals surface area contributed by atoms with Crippen LogP contribution in [0.2, 0.25) is 0 Å². The normalized spacial score (nSPS) is 16.1. The second-order valence-corrected chi connectivity index (χ2v) is 7.23. The quantitative estimate of drug-likeness (QED) is 0.693. The Hall–Kier alpha value is -1.95. The summed E-state index contributed by atoms with van der Waals surface area (Å²) >= 11 is 0. The average molecular weight is 438 g/mol. The van der Waals surface area contributed by atoms with E-state index in [2.05, 4.69) is 51.5 Å². The van der Waals surface area contributed by atoms with Crippen molar-refractivity contribution in [1.29, 1.82) is 0 Å². The first-order chi connectivity index (χ1) is 13.3. The van der Waals surface area contributed by atoms with Gasteiger partial charge in [-0.25, -0.2) is 0 Å². The molecule has 1 fully saturated rings. The highest BCUT2D eigenvalue weighted by Crippen LogP contribution is 2.27. The van der Waals surface area contributed by atoms with Gasteiger partial charge in [-0.3, -0.25) is 9.69 Å². The van der Waals surface area contributed by atoms with Crippen molar-refractivity contribution in [3.8, 4) is 5.75 Å². The molecule has 0 aromatic heterocycles. The summed E-state index contributed by atoms with van der Waals surface area (Å²) in [5.41, 5.74) is 3.42. The number of hydrogen-bond donors (Lipinski definition) is 1. The Labute approximate surface area is 185 Å². The zero-order chi connectivity index (χ0) is 18.5. The summed E-state index contributed by atoms with van der Waals surface area (Å²) in [7, 11) is 0. The highest BCUT2D eigenvalue weighted by molar-refractivity contribution is 5.94. The Morgan fingerprint density at radius 3 is 2.45 bits per heavy atom. The van der Waals surface area contributed by atoms with Crippen LogP contribution in [-0.2, 0) is 11.2 Å². The Balaban J connectivity index is 0.00000150. The van der Waals surface area contributed by atoms with Gasteiger partial charge in [0.15, 0.2) is 0 Å². The molecule has 0 radical (unpaired) electrons. The molecule has 2 aromatic carbocycles. The molecule has 0 unspecified atom stereocenters. The predicted octanol–water partition coefficient (Wildman–Crippen LogP) is 4.01. The van der Waals surface area contributed by atoms with E-state index in [1.165, 1.54) is 11.3 Å². The molecule has 2 aromatic rings. The van der Waals surface area contributed by atoms with Gasteiger partial charge in [0.25, 0.3) is 0 Å². The summed E-state index contributed by atoms with van der Waals surface area (Å²) in [5.74, 6) is 0.930. The average Bonchev–Trinajstić information content (AvgIpc) is 2.72. The van der Waals surface area contributed by atoms with Crippen molar-refractivity contribution in [3.63, 3.8) is 0 Å². The number of benzene rings is 2. The summed E-state index contributed by atoms with van der Waals surface area (Å²) < 4.78 is 5.90. The fourth-order valence-corrected chi connectivity index (χ4v) is 3.79. The number of ether oxygens (including phenoxy) is 1. The van der Waals surface area contributed by atoms with E-state index in [-0.39, 0.29) is 30.7 Å². The molecular formula is C22H29Cl2N3O2. The molecule has 0 bridgehead atoms. The van der Waals surface area contributed by atoms with Crippen LogP contribution in [0.1, 0.15) is 18.4 Å². The van der Waals surface area contributed by atoms with Crippen molar-refractivity contribution in [2.45, 2.75) is 19.3 Å². The van der Waals surface area contributed by atoms with Crippen molar-refractivity contribution in [2.75, 3.05) is 49.5 Å². The van der Waals surface area contributed by atoms with Crippen molar-refractivity contribution < 1.29 is 9.53 Å². The smallest absolute Gasteiger partial charge is 0.224 e. The van der Waals surface area contributed by atoms with Crippen LogP contribution in [0.3, 0.4) is 0 Å². The largest absolute Gasteiger partial charge is 0.493 e. The first kappa shape index (κ1) is 23.3. The van der Waals surface area contributed by atoms with Gasteiger partial charge in [0.1, 0.15) is 5.75 Å². The van der Waals surface area contributed by atoms with E-state index in [0.29, 0.717) is 13.0 Å². The molecule has 0 spiro atoms. The minimum Gasteiger partial charge on any atom is -0.493 e. The number of rotatable bonds is 6. The van der Waals surface area contributed by atoms with Crippen molar-refractivity contribution in [2.24, 2.45) is 0 Å². The monoisotopic (exact) mass is 437 g/mol. The summed E-state index contributed by atoms with van der Waals surface area (Å²) in [6, 6.07) is 16.7. The third-order valence-corrected chi connectivity index (χ3v) is 5.36. The lowest BCUT2D eigenvalue weighted by molar-refractivity contribution is -0.116. The number of fused-ring (bicyclic) bond motifs is 1. The maximum absolute atomic E-state index is 11.5. The molecule has 0 saturated carbocycles. The summed E-state index contributed by atoms with van der Waals surface area (Å²) in [4.78, 5) is 16.5. The van der Waals surface area contributed by atoms with Crippen LogP contribution in [0.15, 0.2) is 48.5 Å². The summed E-state index contributed by atoms with van der Waals surface area (Å²) in [5, 5.41) is 2.93. The Kier molecular flexibility index (Phi) is 9.08. The molecule has 0 aliphatic carbocycles. The highest BCUT2D eigenvalue weighted by Gasteiger charge is 2.17. The molecule has 2 aliphatic heterocycles. The second-order valence-electron chi connectivity index (χ2n) is 7.23. The van der Waals surface area contributed by atoms with Crippen LogP contribution in [0.5, 0.6) is 5.75 Å². The molecule has 5 nitrogen and oxygen atoms in total. The lowest BCUT2D eigenvalue weighted by Gasteiger charge is -2.36. The Bertz CT molecular complexity index is 781. The van der Waals surface area contributed by atoms with E-state index < -0.39 is 0 Å². The number of carbonyl (C=O) groups is 1. The van der Waals surface area contributed by atoms with Crippen LogP contribution in [0.4, 0.5) is 11.4 Å². The molecule has 0 atom stereocenters. The summed E-state index contributed by atoms with van der Waals surface area (Å²) in [6.45, 7) is 6.11. The van der Waals surface area contributed by atoms with Crippen molar-refractivity contribution in [1.82, 2.24) is 4.90 Å². The standard InChI is InChI=1S/C22H27N3O2.2ClH/c26-22-10-8-18-7-9-20(17-21(18)23-22)27-16-4-11-24-12-14-25(15-13-24)19-5-2-1-3-6-19;;/h1-3,5-7,9,17H,4,8,10-16H2,(H,23,26);2*1H. The molecule has 4 rings (SSSR count). The SMILES string of the molecule is Cl.Cl.O=C1CCc2ccc(OCCCN3CCN(c4ccccc4)CC3)cc2N1. The van der Waals surface area contributed by atoms with Gasteiger partial charge in [-0.15, -0.1) is 24.8 Å². The van der Waals surface area contributed by atoms with Gasteiger partial charge in [0, 0.05) is 56.6 Å². The number of aryl methyl sites for hydroxylation is 1. The Morgan fingerprint density at radius 2 is 1.69 bits per heavy atom. The van der Waals surface area contributed by atoms with Crippen LogP contribution < -0.4 is 15.0 Å². The van der Waals surface area contributed by atoms with Crippen molar-refractivity contribution in [3.05, 3.63) is 54.1 Å². The number of anilines is 2. The van der Waals surface area contributed by atoms with Gasteiger partial charge in [-0.2, -0.15) is 0 Å². The van der Waals surface area contributed by atoms with Crippen LogP contribution in [-0.4, -0.2) is 50.1 Å². The van der Waals surface area contributed by atoms with Gasteiger partial charge < -0.3 is 15.0 Å². The fourth-order valence-electron chi connectivity index (χ4n) is 3.79. The summed E-state index contributed by atoms with van der Waals surface area (Å²) in [6.07, 6.45) is 2.40. The third-order valence-electron chi connectivity index (χ3n) is 5.36. The van der Waals surface area contributed by atoms with Gasteiger partial charge in [0.2, 0.25) is 5.91 Å². The molecule has 2 aliphatic rings. The number of carbonyl (C=O) groups excluding carboxylic acids is 1. The van der Waals surface area contributed by atoms with E-state index in [1.54, 1.807) is 0 Å². The number of para-hydroxylation sites is 1. The van der Waals surface area contributed by atoms with E-state index in [0.717, 1.165) is 57.0 Å². The van der Waals surface area contributed by atoms with E-state index >= 15 is 0 Å². The minimum absolute atomic E-state index is 0. The van der Waals surface area contributed by atoms with E-state index in [4.69, 9.17) is 4.74 Å². The number of halogens is 2. The number of nitrogens with zero attached hydrogens (tertiary/aromatic N) is 2. The number of amides is 1. The highest BCUT2D eigenvalue weighted by atomic mass is 35.5. The lowest BCUT2D eigenvalue weighted by Crippen LogP contribution is -2.46. The molecule has 1 N–H and O–H groups in total. The van der Waals surface area contributed by atoms with Gasteiger partial charge in [0.05, 0.1) is 6.61 Å². The maximum Gasteiger partial charge on any atom is 0.224 e. The first-order valence-electron chi connectivity index (χ1n) is 9.86. The molecule has 158 valence electrons. The molecule has 1 amide bonds. The molecule has 7 heteroatoms. The van der Waals surface area contributed by atoms with Crippen LogP contribution >= 0.6 is 24.8 Å². The van der Waals surface area contributed by atoms with E-state index in [1.807, 2.05) is 12.1 Å². The topological polar surface area (TPSA) is 44.8 Å². The molecular weight excluding hydrogens is 409 g/mol. The zero-order valence-corrected chi connectivity index (χ0v) is 18.1. The van der Waals surface area contributed by atoms with Gasteiger partial charge >= 0.3 is 0 Å². The predicted molar refractivity (Wildman–Crippen MR) is 123 cm³/mol. The van der Waals surface area contributed by atoms with E-state index in [9.17, 15) is 4.79 Å². The lowest BCUT2D eigenvalue weighted by atomic mass is 10.0. The number of piperazine rings is 1. The Morgan fingerprint density at radius 1 is 0.931 bits per heavy atom. The van der Waals surface area contributed by atoms with Crippen LogP contribution in [0, 0.1) is 0 Å². The third kappa shape index (κ3) is 6.26. The van der Waals surface area contributed by atoms with Gasteiger partial charge in [-0.1, -0.05) is 24.3 Å².